The van der Waals surface area contributed by atoms with Gasteiger partial charge in [0.1, 0.15) is 23.1 Å². The van der Waals surface area contributed by atoms with Crippen LogP contribution in [0.3, 0.4) is 0 Å². The largest absolute Gasteiger partial charge is 0.497 e. The van der Waals surface area contributed by atoms with Crippen molar-refractivity contribution in [3.63, 3.8) is 0 Å². The molecule has 0 N–H and O–H groups in total. The van der Waals surface area contributed by atoms with Gasteiger partial charge < -0.3 is 14.2 Å². The maximum absolute atomic E-state index is 11.8. The first kappa shape index (κ1) is 16.6. The summed E-state index contributed by atoms with van der Waals surface area (Å²) in [4.78, 5) is 11.8. The van der Waals surface area contributed by atoms with Crippen molar-refractivity contribution in [2.75, 3.05) is 20.8 Å². The predicted octanol–water partition coefficient (Wildman–Crippen LogP) is 2.95. The number of esters is 1. The third kappa shape index (κ3) is 4.84. The monoisotopic (exact) mass is 289 g/mol. The number of ether oxygens (including phenoxy) is 3. The normalized spacial score (nSPS) is 10.7. The molecule has 0 amide bonds. The quantitative estimate of drug-likeness (QED) is 0.334. The number of methoxy groups -OCH3 is 2. The Morgan fingerprint density at radius 3 is 2.67 bits per heavy atom. The number of hydrogen-bond acceptors (Lipinski definition) is 5. The Balaban J connectivity index is 2.97. The predicted molar refractivity (Wildman–Crippen MR) is 79.0 cm³/mol. The van der Waals surface area contributed by atoms with Crippen molar-refractivity contribution < 1.29 is 19.0 Å². The molecule has 0 saturated heterocycles. The molecule has 0 aliphatic carbocycles. The van der Waals surface area contributed by atoms with E-state index in [9.17, 15) is 4.79 Å². The Morgan fingerprint density at radius 2 is 2.10 bits per heavy atom. The molecule has 0 bridgehead atoms. The maximum Gasteiger partial charge on any atom is 0.348 e. The van der Waals surface area contributed by atoms with Crippen LogP contribution in [0.5, 0.6) is 11.5 Å². The van der Waals surface area contributed by atoms with Crippen molar-refractivity contribution in [3.05, 3.63) is 29.3 Å². The van der Waals surface area contributed by atoms with E-state index in [1.54, 1.807) is 25.3 Å². The van der Waals surface area contributed by atoms with Crippen molar-refractivity contribution >= 4 is 12.0 Å². The molecule has 0 aliphatic rings. The average Bonchev–Trinajstić information content (AvgIpc) is 2.52. The molecule has 0 atom stereocenters. The van der Waals surface area contributed by atoms with Gasteiger partial charge >= 0.3 is 5.97 Å². The summed E-state index contributed by atoms with van der Waals surface area (Å²) >= 11 is 0. The van der Waals surface area contributed by atoms with Crippen LogP contribution in [0.25, 0.3) is 6.08 Å². The van der Waals surface area contributed by atoms with Gasteiger partial charge in [-0.1, -0.05) is 13.3 Å². The standard InChI is InChI=1S/C16H19NO4/c1-4-5-8-21-16(18)13(11-17)9-12-6-7-14(19-2)10-15(12)20-3/h6-7,9-10H,4-5,8H2,1-3H3/b13-9-. The van der Waals surface area contributed by atoms with Crippen LogP contribution in [0.4, 0.5) is 0 Å². The van der Waals surface area contributed by atoms with Crippen molar-refractivity contribution in [1.82, 2.24) is 0 Å². The third-order valence-corrected chi connectivity index (χ3v) is 2.81. The maximum atomic E-state index is 11.8. The van der Waals surface area contributed by atoms with Crippen LogP contribution < -0.4 is 9.47 Å². The third-order valence-electron chi connectivity index (χ3n) is 2.81. The van der Waals surface area contributed by atoms with Crippen molar-refractivity contribution in [2.45, 2.75) is 19.8 Å². The summed E-state index contributed by atoms with van der Waals surface area (Å²) in [5.74, 6) is 0.528. The molecule has 112 valence electrons. The van der Waals surface area contributed by atoms with Gasteiger partial charge in [-0.3, -0.25) is 0 Å². The fourth-order valence-electron chi connectivity index (χ4n) is 1.62. The van der Waals surface area contributed by atoms with Crippen LogP contribution in [0, 0.1) is 11.3 Å². The highest BCUT2D eigenvalue weighted by atomic mass is 16.5. The van der Waals surface area contributed by atoms with Crippen LogP contribution in [-0.4, -0.2) is 26.8 Å². The molecule has 0 heterocycles. The fraction of sp³-hybridized carbons (Fsp3) is 0.375. The molecule has 1 aromatic rings. The van der Waals surface area contributed by atoms with Gasteiger partial charge in [0.05, 0.1) is 20.8 Å². The van der Waals surface area contributed by atoms with Gasteiger partial charge in [0.15, 0.2) is 0 Å². The van der Waals surface area contributed by atoms with Gasteiger partial charge in [0.2, 0.25) is 0 Å². The summed E-state index contributed by atoms with van der Waals surface area (Å²) in [6, 6.07) is 6.99. The zero-order chi connectivity index (χ0) is 15.7. The lowest BCUT2D eigenvalue weighted by Gasteiger charge is -2.08. The molecule has 5 nitrogen and oxygen atoms in total. The molecule has 0 spiro atoms. The first-order chi connectivity index (χ1) is 10.2. The highest BCUT2D eigenvalue weighted by Crippen LogP contribution is 2.26. The van der Waals surface area contributed by atoms with Gasteiger partial charge in [0, 0.05) is 11.6 Å². The number of nitrogens with zero attached hydrogens (tertiary/aromatic N) is 1. The van der Waals surface area contributed by atoms with E-state index in [2.05, 4.69) is 0 Å². The second-order valence-corrected chi connectivity index (χ2v) is 4.27. The van der Waals surface area contributed by atoms with E-state index in [1.165, 1.54) is 13.2 Å². The zero-order valence-corrected chi connectivity index (χ0v) is 12.5. The minimum atomic E-state index is -0.621. The Kier molecular flexibility index (Phi) is 6.82. The Hall–Kier alpha value is -2.48. The smallest absolute Gasteiger partial charge is 0.348 e. The van der Waals surface area contributed by atoms with E-state index < -0.39 is 5.97 Å². The lowest BCUT2D eigenvalue weighted by molar-refractivity contribution is -0.138. The fourth-order valence-corrected chi connectivity index (χ4v) is 1.62. The number of nitriles is 1. The topological polar surface area (TPSA) is 68.6 Å². The summed E-state index contributed by atoms with van der Waals surface area (Å²) in [6.45, 7) is 2.31. The molecule has 5 heteroatoms. The van der Waals surface area contributed by atoms with E-state index in [4.69, 9.17) is 19.5 Å². The summed E-state index contributed by atoms with van der Waals surface area (Å²) in [5.41, 5.74) is 0.553. The molecule has 0 radical (unpaired) electrons. The first-order valence-electron chi connectivity index (χ1n) is 6.67. The van der Waals surface area contributed by atoms with E-state index in [1.807, 2.05) is 13.0 Å². The highest BCUT2D eigenvalue weighted by Gasteiger charge is 2.12. The van der Waals surface area contributed by atoms with Crippen LogP contribution in [0.2, 0.25) is 0 Å². The SMILES string of the molecule is CCCCOC(=O)/C(C#N)=C\c1ccc(OC)cc1OC. The molecular formula is C16H19NO4. The Bertz CT molecular complexity index is 558. The second kappa shape index (κ2) is 8.64. The van der Waals surface area contributed by atoms with Crippen molar-refractivity contribution in [2.24, 2.45) is 0 Å². The molecule has 1 rings (SSSR count). The van der Waals surface area contributed by atoms with Crippen molar-refractivity contribution in [3.8, 4) is 17.6 Å². The minimum absolute atomic E-state index is 0.0606. The number of rotatable bonds is 7. The zero-order valence-electron chi connectivity index (χ0n) is 12.5. The number of hydrogen-bond donors (Lipinski definition) is 0. The van der Waals surface area contributed by atoms with Crippen molar-refractivity contribution in [1.29, 1.82) is 5.26 Å². The first-order valence-corrected chi connectivity index (χ1v) is 6.67. The molecular weight excluding hydrogens is 270 g/mol. The Labute approximate surface area is 124 Å². The lowest BCUT2D eigenvalue weighted by atomic mass is 10.1. The molecule has 0 aliphatic heterocycles. The summed E-state index contributed by atoms with van der Waals surface area (Å²) in [5, 5.41) is 9.09. The molecule has 0 aromatic heterocycles. The van der Waals surface area contributed by atoms with Crippen LogP contribution in [0.1, 0.15) is 25.3 Å². The summed E-state index contributed by atoms with van der Waals surface area (Å²) in [6.07, 6.45) is 3.15. The highest BCUT2D eigenvalue weighted by molar-refractivity contribution is 5.98. The number of unbranched alkanes of at least 4 members (excludes halogenated alkanes) is 1. The van der Waals surface area contributed by atoms with E-state index in [0.29, 0.717) is 23.7 Å². The molecule has 0 saturated carbocycles. The number of carbonyl (C=O) groups excluding carboxylic acids is 1. The van der Waals surface area contributed by atoms with Gasteiger partial charge in [-0.15, -0.1) is 0 Å². The lowest BCUT2D eigenvalue weighted by Crippen LogP contribution is -2.07. The molecule has 21 heavy (non-hydrogen) atoms. The van der Waals surface area contributed by atoms with Crippen LogP contribution in [-0.2, 0) is 9.53 Å². The molecule has 0 fully saturated rings. The summed E-state index contributed by atoms with van der Waals surface area (Å²) < 4.78 is 15.4. The number of carbonyl (C=O) groups is 1. The van der Waals surface area contributed by atoms with Gasteiger partial charge in [0.25, 0.3) is 0 Å². The van der Waals surface area contributed by atoms with E-state index in [-0.39, 0.29) is 5.57 Å². The Morgan fingerprint density at radius 1 is 1.33 bits per heavy atom. The minimum Gasteiger partial charge on any atom is -0.497 e. The van der Waals surface area contributed by atoms with Crippen LogP contribution >= 0.6 is 0 Å². The van der Waals surface area contributed by atoms with Gasteiger partial charge in [-0.05, 0) is 24.6 Å². The van der Waals surface area contributed by atoms with E-state index >= 15 is 0 Å². The van der Waals surface area contributed by atoms with E-state index in [0.717, 1.165) is 12.8 Å². The molecule has 1 aromatic carbocycles. The molecule has 0 unspecified atom stereocenters. The van der Waals surface area contributed by atoms with Crippen LogP contribution in [0.15, 0.2) is 23.8 Å². The average molecular weight is 289 g/mol. The number of benzene rings is 1. The summed E-state index contributed by atoms with van der Waals surface area (Å²) in [7, 11) is 3.06. The van der Waals surface area contributed by atoms with Gasteiger partial charge in [-0.25, -0.2) is 4.79 Å². The second-order valence-electron chi connectivity index (χ2n) is 4.27. The van der Waals surface area contributed by atoms with Gasteiger partial charge in [-0.2, -0.15) is 5.26 Å².